The Kier molecular flexibility index (Phi) is 4.65. The van der Waals surface area contributed by atoms with E-state index in [0.717, 1.165) is 0 Å². The van der Waals surface area contributed by atoms with Crippen LogP contribution in [0.2, 0.25) is 0 Å². The Morgan fingerprint density at radius 3 is 2.60 bits per heavy atom. The van der Waals surface area contributed by atoms with Crippen molar-refractivity contribution >= 4 is 34.8 Å². The zero-order chi connectivity index (χ0) is 17.8. The van der Waals surface area contributed by atoms with Crippen molar-refractivity contribution in [1.82, 2.24) is 0 Å². The molecule has 7 heteroatoms. The molecule has 2 aromatic rings. The summed E-state index contributed by atoms with van der Waals surface area (Å²) in [6.45, 7) is 1.72. The molecule has 7 nitrogen and oxygen atoms in total. The highest BCUT2D eigenvalue weighted by molar-refractivity contribution is 6.06. The van der Waals surface area contributed by atoms with E-state index in [1.165, 1.54) is 6.92 Å². The second kappa shape index (κ2) is 7.04. The molecule has 3 N–H and O–H groups in total. The van der Waals surface area contributed by atoms with E-state index in [9.17, 15) is 14.4 Å². The highest BCUT2D eigenvalue weighted by Gasteiger charge is 2.16. The maximum atomic E-state index is 12.4. The molecule has 0 unspecified atom stereocenters. The van der Waals surface area contributed by atoms with Crippen LogP contribution in [0.4, 0.5) is 17.1 Å². The summed E-state index contributed by atoms with van der Waals surface area (Å²) in [7, 11) is 0. The average Bonchev–Trinajstić information content (AvgIpc) is 2.74. The molecule has 0 atom stereocenters. The van der Waals surface area contributed by atoms with E-state index in [4.69, 9.17) is 4.74 Å². The van der Waals surface area contributed by atoms with Gasteiger partial charge in [0.05, 0.1) is 18.7 Å². The fraction of sp³-hybridized carbons (Fsp3) is 0.167. The van der Waals surface area contributed by atoms with E-state index in [2.05, 4.69) is 16.0 Å². The van der Waals surface area contributed by atoms with Gasteiger partial charge < -0.3 is 20.7 Å². The minimum atomic E-state index is -0.332. The normalized spacial score (nSPS) is 12.9. The lowest BCUT2D eigenvalue weighted by molar-refractivity contribution is -0.116. The summed E-state index contributed by atoms with van der Waals surface area (Å²) in [5, 5.41) is 8.14. The van der Waals surface area contributed by atoms with Gasteiger partial charge >= 0.3 is 0 Å². The Balaban J connectivity index is 1.77. The lowest BCUT2D eigenvalue weighted by atomic mass is 10.1. The number of nitrogens with one attached hydrogen (secondary N) is 3. The van der Waals surface area contributed by atoms with Crippen LogP contribution in [0, 0.1) is 0 Å². The van der Waals surface area contributed by atoms with Crippen molar-refractivity contribution in [1.29, 1.82) is 0 Å². The molecule has 0 spiro atoms. The zero-order valence-corrected chi connectivity index (χ0v) is 13.6. The van der Waals surface area contributed by atoms with Crippen molar-refractivity contribution in [2.75, 3.05) is 22.6 Å². The molecule has 0 aromatic heterocycles. The molecule has 0 bridgehead atoms. The summed E-state index contributed by atoms with van der Waals surface area (Å²) < 4.78 is 5.47. The Hall–Kier alpha value is -3.35. The number of carbonyl (C=O) groups is 3. The first-order chi connectivity index (χ1) is 12.0. The molecule has 128 valence electrons. The lowest BCUT2D eigenvalue weighted by Gasteiger charge is -2.11. The van der Waals surface area contributed by atoms with Crippen LogP contribution in [0.3, 0.4) is 0 Å². The predicted molar refractivity (Wildman–Crippen MR) is 93.9 cm³/mol. The van der Waals surface area contributed by atoms with E-state index in [0.29, 0.717) is 35.0 Å². The van der Waals surface area contributed by atoms with Crippen molar-refractivity contribution in [2.24, 2.45) is 0 Å². The van der Waals surface area contributed by atoms with Crippen LogP contribution < -0.4 is 20.7 Å². The molecule has 0 radical (unpaired) electrons. The number of amides is 3. The maximum Gasteiger partial charge on any atom is 0.255 e. The largest absolute Gasteiger partial charge is 0.491 e. The Labute approximate surface area is 144 Å². The highest BCUT2D eigenvalue weighted by Crippen LogP contribution is 2.28. The Bertz CT molecular complexity index is 848. The number of hydrogen-bond acceptors (Lipinski definition) is 4. The first-order valence-corrected chi connectivity index (χ1v) is 7.77. The van der Waals surface area contributed by atoms with Crippen LogP contribution in [-0.4, -0.2) is 24.3 Å². The van der Waals surface area contributed by atoms with Crippen molar-refractivity contribution < 1.29 is 19.1 Å². The number of ether oxygens (including phenoxy) is 1. The minimum absolute atomic E-state index is 0.153. The van der Waals surface area contributed by atoms with Crippen LogP contribution in [-0.2, 0) is 9.59 Å². The van der Waals surface area contributed by atoms with Gasteiger partial charge in [-0.15, -0.1) is 0 Å². The van der Waals surface area contributed by atoms with Gasteiger partial charge in [-0.05, 0) is 36.4 Å². The molecule has 1 heterocycles. The van der Waals surface area contributed by atoms with Crippen LogP contribution in [0.25, 0.3) is 0 Å². The second-order valence-corrected chi connectivity index (χ2v) is 5.57. The molecule has 0 fully saturated rings. The monoisotopic (exact) mass is 339 g/mol. The van der Waals surface area contributed by atoms with Gasteiger partial charge in [-0.25, -0.2) is 0 Å². The van der Waals surface area contributed by atoms with Crippen LogP contribution in [0.15, 0.2) is 42.5 Å². The SMILES string of the molecule is CC(=O)Nc1cccc(NC(=O)c2ccc3c(c2)NC(=O)CCO3)c1. The summed E-state index contributed by atoms with van der Waals surface area (Å²) in [5.41, 5.74) is 2.00. The number of carbonyl (C=O) groups excluding carboxylic acids is 3. The van der Waals surface area contributed by atoms with Crippen molar-refractivity contribution in [2.45, 2.75) is 13.3 Å². The smallest absolute Gasteiger partial charge is 0.255 e. The third kappa shape index (κ3) is 4.14. The van der Waals surface area contributed by atoms with Gasteiger partial charge in [-0.3, -0.25) is 14.4 Å². The van der Waals surface area contributed by atoms with Crippen molar-refractivity contribution in [3.05, 3.63) is 48.0 Å². The predicted octanol–water partition coefficient (Wildman–Crippen LogP) is 2.62. The molecular formula is C18H17N3O4. The lowest BCUT2D eigenvalue weighted by Crippen LogP contribution is -2.14. The van der Waals surface area contributed by atoms with E-state index < -0.39 is 0 Å². The molecule has 25 heavy (non-hydrogen) atoms. The van der Waals surface area contributed by atoms with Gasteiger partial charge in [-0.2, -0.15) is 0 Å². The van der Waals surface area contributed by atoms with E-state index >= 15 is 0 Å². The molecule has 3 rings (SSSR count). The standard InChI is InChI=1S/C18H17N3O4/c1-11(22)19-13-3-2-4-14(10-13)20-18(24)12-5-6-16-15(9-12)21-17(23)7-8-25-16/h2-6,9-10H,7-8H2,1H3,(H,19,22)(H,20,24)(H,21,23). The second-order valence-electron chi connectivity index (χ2n) is 5.57. The van der Waals surface area contributed by atoms with Gasteiger partial charge in [-0.1, -0.05) is 6.07 Å². The minimum Gasteiger partial charge on any atom is -0.491 e. The van der Waals surface area contributed by atoms with Crippen LogP contribution >= 0.6 is 0 Å². The summed E-state index contributed by atoms with van der Waals surface area (Å²) in [6.07, 6.45) is 0.270. The number of anilines is 3. The summed E-state index contributed by atoms with van der Waals surface area (Å²) >= 11 is 0. The van der Waals surface area contributed by atoms with E-state index in [-0.39, 0.29) is 24.1 Å². The number of rotatable bonds is 3. The van der Waals surface area contributed by atoms with E-state index in [1.54, 1.807) is 42.5 Å². The summed E-state index contributed by atoms with van der Waals surface area (Å²) in [4.78, 5) is 35.2. The molecule has 0 saturated heterocycles. The molecule has 3 amide bonds. The first-order valence-electron chi connectivity index (χ1n) is 7.77. The highest BCUT2D eigenvalue weighted by atomic mass is 16.5. The zero-order valence-electron chi connectivity index (χ0n) is 13.6. The van der Waals surface area contributed by atoms with Crippen LogP contribution in [0.1, 0.15) is 23.7 Å². The van der Waals surface area contributed by atoms with Crippen LogP contribution in [0.5, 0.6) is 5.75 Å². The Morgan fingerprint density at radius 2 is 1.84 bits per heavy atom. The molecule has 1 aliphatic heterocycles. The molecule has 2 aromatic carbocycles. The Morgan fingerprint density at radius 1 is 1.08 bits per heavy atom. The topological polar surface area (TPSA) is 96.5 Å². The number of benzene rings is 2. The van der Waals surface area contributed by atoms with E-state index in [1.807, 2.05) is 0 Å². The van der Waals surface area contributed by atoms with Crippen molar-refractivity contribution in [3.63, 3.8) is 0 Å². The molecular weight excluding hydrogens is 322 g/mol. The van der Waals surface area contributed by atoms with Crippen molar-refractivity contribution in [3.8, 4) is 5.75 Å². The number of hydrogen-bond donors (Lipinski definition) is 3. The van der Waals surface area contributed by atoms with Gasteiger partial charge in [0.2, 0.25) is 11.8 Å². The summed E-state index contributed by atoms with van der Waals surface area (Å²) in [6, 6.07) is 11.7. The fourth-order valence-corrected chi connectivity index (χ4v) is 2.44. The van der Waals surface area contributed by atoms with Gasteiger partial charge in [0.25, 0.3) is 5.91 Å². The molecule has 0 saturated carbocycles. The summed E-state index contributed by atoms with van der Waals surface area (Å²) in [5.74, 6) is -0.138. The fourth-order valence-electron chi connectivity index (χ4n) is 2.44. The quantitative estimate of drug-likeness (QED) is 0.801. The molecule has 0 aliphatic carbocycles. The maximum absolute atomic E-state index is 12.4. The third-order valence-corrected chi connectivity index (χ3v) is 3.54. The third-order valence-electron chi connectivity index (χ3n) is 3.54. The van der Waals surface area contributed by atoms with Gasteiger partial charge in [0.15, 0.2) is 0 Å². The molecule has 1 aliphatic rings. The first kappa shape index (κ1) is 16.5. The van der Waals surface area contributed by atoms with Gasteiger partial charge in [0, 0.05) is 23.9 Å². The average molecular weight is 339 g/mol. The number of fused-ring (bicyclic) bond motifs is 1. The van der Waals surface area contributed by atoms with Gasteiger partial charge in [0.1, 0.15) is 5.75 Å².